The Labute approximate surface area is 234 Å². The van der Waals surface area contributed by atoms with Crippen molar-refractivity contribution in [1.82, 2.24) is 0 Å². The molecular formula is C30H39ClO8. The van der Waals surface area contributed by atoms with Gasteiger partial charge in [0, 0.05) is 23.6 Å². The zero-order valence-corrected chi connectivity index (χ0v) is 23.4. The Hall–Kier alpha value is -1.75. The first-order chi connectivity index (χ1) is 18.6. The zero-order chi connectivity index (χ0) is 27.7. The maximum atomic E-state index is 10.9. The summed E-state index contributed by atoms with van der Waals surface area (Å²) >= 11 is 6.55. The first-order valence-electron chi connectivity index (χ1n) is 13.7. The van der Waals surface area contributed by atoms with Crippen molar-refractivity contribution in [2.24, 2.45) is 5.92 Å². The molecule has 2 heterocycles. The van der Waals surface area contributed by atoms with Gasteiger partial charge in [-0.1, -0.05) is 29.8 Å². The van der Waals surface area contributed by atoms with Gasteiger partial charge in [0.05, 0.1) is 38.1 Å². The van der Waals surface area contributed by atoms with Crippen molar-refractivity contribution in [3.05, 3.63) is 64.2 Å². The molecule has 0 spiro atoms. The summed E-state index contributed by atoms with van der Waals surface area (Å²) in [6.45, 7) is 6.28. The SMILES string of the molecule is CC(C)(O)[C@@]12CO[C@@](c3ccc(Cl)c(Cc4ccc(OCCOCCOCC5CC5)cc4)c3)(O1)[C@H](O)[C@@H](O)C2. The van der Waals surface area contributed by atoms with Crippen molar-refractivity contribution in [1.29, 1.82) is 0 Å². The van der Waals surface area contributed by atoms with E-state index in [1.54, 1.807) is 26.0 Å². The van der Waals surface area contributed by atoms with Crippen molar-refractivity contribution >= 4 is 11.6 Å². The first-order valence-corrected chi connectivity index (χ1v) is 14.1. The van der Waals surface area contributed by atoms with Crippen LogP contribution < -0.4 is 4.74 Å². The summed E-state index contributed by atoms with van der Waals surface area (Å²) in [5.41, 5.74) is -0.0561. The summed E-state index contributed by atoms with van der Waals surface area (Å²) in [6, 6.07) is 13.1. The monoisotopic (exact) mass is 562 g/mol. The van der Waals surface area contributed by atoms with Gasteiger partial charge in [0.2, 0.25) is 5.79 Å². The Morgan fingerprint density at radius 3 is 2.44 bits per heavy atom. The molecular weight excluding hydrogens is 524 g/mol. The van der Waals surface area contributed by atoms with E-state index in [4.69, 9.17) is 35.3 Å². The van der Waals surface area contributed by atoms with Gasteiger partial charge in [-0.3, -0.25) is 0 Å². The molecule has 0 amide bonds. The van der Waals surface area contributed by atoms with Crippen LogP contribution in [0.15, 0.2) is 42.5 Å². The molecule has 0 aromatic heterocycles. The van der Waals surface area contributed by atoms with Gasteiger partial charge in [-0.05, 0) is 74.4 Å². The van der Waals surface area contributed by atoms with Crippen LogP contribution in [-0.2, 0) is 31.2 Å². The van der Waals surface area contributed by atoms with Crippen LogP contribution in [0.1, 0.15) is 49.8 Å². The minimum absolute atomic E-state index is 0.0449. The number of benzene rings is 2. The Kier molecular flexibility index (Phi) is 8.57. The maximum absolute atomic E-state index is 10.9. The van der Waals surface area contributed by atoms with Crippen molar-refractivity contribution in [2.75, 3.05) is 39.6 Å². The van der Waals surface area contributed by atoms with E-state index in [0.717, 1.165) is 29.4 Å². The molecule has 4 atom stereocenters. The van der Waals surface area contributed by atoms with Crippen molar-refractivity contribution in [3.63, 3.8) is 0 Å². The van der Waals surface area contributed by atoms with Crippen LogP contribution >= 0.6 is 11.6 Å². The number of ether oxygens (including phenoxy) is 5. The number of halogens is 1. The number of hydrogen-bond acceptors (Lipinski definition) is 8. The Bertz CT molecular complexity index is 1110. The molecule has 2 bridgehead atoms. The molecule has 3 fully saturated rings. The van der Waals surface area contributed by atoms with Gasteiger partial charge < -0.3 is 39.0 Å². The topological polar surface area (TPSA) is 107 Å². The normalized spacial score (nSPS) is 28.6. The molecule has 2 saturated heterocycles. The van der Waals surface area contributed by atoms with Gasteiger partial charge in [0.1, 0.15) is 24.1 Å². The number of fused-ring (bicyclic) bond motifs is 2. The standard InChI is InChI=1S/C30H39ClO8/c1-28(2,34)29-17-26(32)27(33)30(39-29,38-19-29)23-7-10-25(31)22(16-23)15-20-5-8-24(9-6-20)37-14-13-35-11-12-36-18-21-3-4-21/h5-10,16,21,26-27,32-34H,3-4,11-15,17-19H2,1-2H3/t26-,27+,29+,30-/m0/s1. The fourth-order valence-electron chi connectivity index (χ4n) is 5.21. The molecule has 8 nitrogen and oxygen atoms in total. The third kappa shape index (κ3) is 6.29. The molecule has 5 rings (SSSR count). The van der Waals surface area contributed by atoms with E-state index < -0.39 is 29.2 Å². The lowest BCUT2D eigenvalue weighted by Crippen LogP contribution is -2.62. The largest absolute Gasteiger partial charge is 0.491 e. The summed E-state index contributed by atoms with van der Waals surface area (Å²) in [5, 5.41) is 33.0. The molecule has 0 radical (unpaired) electrons. The lowest BCUT2D eigenvalue weighted by Gasteiger charge is -2.48. The van der Waals surface area contributed by atoms with E-state index in [2.05, 4.69) is 0 Å². The van der Waals surface area contributed by atoms with Gasteiger partial charge in [0.15, 0.2) is 0 Å². The third-order valence-electron chi connectivity index (χ3n) is 7.96. The average Bonchev–Trinajstić information content (AvgIpc) is 3.66. The molecule has 2 aromatic carbocycles. The molecule has 2 aliphatic heterocycles. The predicted octanol–water partition coefficient (Wildman–Crippen LogP) is 3.59. The first kappa shape index (κ1) is 28.8. The van der Waals surface area contributed by atoms with Gasteiger partial charge in [-0.25, -0.2) is 0 Å². The molecule has 1 saturated carbocycles. The summed E-state index contributed by atoms with van der Waals surface area (Å²) in [4.78, 5) is 0. The van der Waals surface area contributed by atoms with Crippen LogP contribution in [0.4, 0.5) is 0 Å². The zero-order valence-electron chi connectivity index (χ0n) is 22.6. The molecule has 3 N–H and O–H groups in total. The Morgan fingerprint density at radius 2 is 1.72 bits per heavy atom. The van der Waals surface area contributed by atoms with Gasteiger partial charge in [-0.2, -0.15) is 0 Å². The lowest BCUT2D eigenvalue weighted by molar-refractivity contribution is -0.319. The van der Waals surface area contributed by atoms with Gasteiger partial charge in [0.25, 0.3) is 0 Å². The smallest absolute Gasteiger partial charge is 0.225 e. The molecule has 3 aliphatic rings. The highest BCUT2D eigenvalue weighted by Crippen LogP contribution is 2.53. The summed E-state index contributed by atoms with van der Waals surface area (Å²) < 4.78 is 29.2. The second-order valence-corrected chi connectivity index (χ2v) is 11.8. The molecule has 2 aromatic rings. The minimum Gasteiger partial charge on any atom is -0.491 e. The highest BCUT2D eigenvalue weighted by atomic mass is 35.5. The Balaban J connectivity index is 1.18. The quantitative estimate of drug-likeness (QED) is 0.318. The number of hydrogen-bond donors (Lipinski definition) is 3. The summed E-state index contributed by atoms with van der Waals surface area (Å²) in [6.07, 6.45) is 0.733. The molecule has 1 aliphatic carbocycles. The second-order valence-electron chi connectivity index (χ2n) is 11.4. The minimum atomic E-state index is -1.60. The van der Waals surface area contributed by atoms with E-state index in [-0.39, 0.29) is 13.0 Å². The molecule has 9 heteroatoms. The van der Waals surface area contributed by atoms with E-state index in [1.807, 2.05) is 30.3 Å². The van der Waals surface area contributed by atoms with Crippen molar-refractivity contribution < 1.29 is 39.0 Å². The van der Waals surface area contributed by atoms with E-state index in [1.165, 1.54) is 12.8 Å². The lowest BCUT2D eigenvalue weighted by atomic mass is 9.77. The van der Waals surface area contributed by atoms with Crippen LogP contribution in [0, 0.1) is 5.92 Å². The van der Waals surface area contributed by atoms with E-state index in [0.29, 0.717) is 43.4 Å². The predicted molar refractivity (Wildman–Crippen MR) is 145 cm³/mol. The van der Waals surface area contributed by atoms with Crippen LogP contribution in [0.2, 0.25) is 5.02 Å². The van der Waals surface area contributed by atoms with Gasteiger partial charge >= 0.3 is 0 Å². The number of rotatable bonds is 13. The third-order valence-corrected chi connectivity index (χ3v) is 8.33. The average molecular weight is 563 g/mol. The van der Waals surface area contributed by atoms with Gasteiger partial charge in [-0.15, -0.1) is 0 Å². The second kappa shape index (κ2) is 11.6. The molecule has 214 valence electrons. The van der Waals surface area contributed by atoms with Crippen LogP contribution in [0.5, 0.6) is 5.75 Å². The Morgan fingerprint density at radius 1 is 1.00 bits per heavy atom. The fourth-order valence-corrected chi connectivity index (χ4v) is 5.39. The van der Waals surface area contributed by atoms with E-state index >= 15 is 0 Å². The van der Waals surface area contributed by atoms with Crippen LogP contribution in [-0.4, -0.2) is 78.4 Å². The maximum Gasteiger partial charge on any atom is 0.225 e. The fraction of sp³-hybridized carbons (Fsp3) is 0.600. The molecule has 39 heavy (non-hydrogen) atoms. The van der Waals surface area contributed by atoms with Crippen molar-refractivity contribution in [2.45, 2.75) is 68.7 Å². The molecule has 0 unspecified atom stereocenters. The van der Waals surface area contributed by atoms with Crippen LogP contribution in [0.25, 0.3) is 0 Å². The summed E-state index contributed by atoms with van der Waals surface area (Å²) in [7, 11) is 0. The highest BCUT2D eigenvalue weighted by molar-refractivity contribution is 6.31. The van der Waals surface area contributed by atoms with Crippen molar-refractivity contribution in [3.8, 4) is 5.75 Å². The van der Waals surface area contributed by atoms with Crippen LogP contribution in [0.3, 0.4) is 0 Å². The summed E-state index contributed by atoms with van der Waals surface area (Å²) in [5.74, 6) is -0.0823. The number of aliphatic hydroxyl groups is 3. The highest BCUT2D eigenvalue weighted by Gasteiger charge is 2.66. The van der Waals surface area contributed by atoms with E-state index in [9.17, 15) is 15.3 Å². The number of aliphatic hydroxyl groups excluding tert-OH is 2.